The number of fused-ring (bicyclic) bond motifs is 5. The summed E-state index contributed by atoms with van der Waals surface area (Å²) in [6.07, 6.45) is 8.88. The molecule has 6 nitrogen and oxygen atoms in total. The molecule has 0 aromatic carbocycles. The van der Waals surface area contributed by atoms with E-state index in [9.17, 15) is 9.90 Å². The Bertz CT molecular complexity index is 865. The first-order valence-electron chi connectivity index (χ1n) is 12.5. The van der Waals surface area contributed by atoms with Gasteiger partial charge in [0.2, 0.25) is 0 Å². The maximum absolute atomic E-state index is 13.3. The molecular formula is C25H40N4O2. The molecule has 0 bridgehead atoms. The predicted octanol–water partition coefficient (Wildman–Crippen LogP) is 4.21. The first-order valence-corrected chi connectivity index (χ1v) is 12.5. The first kappa shape index (κ1) is 21.5. The Balaban J connectivity index is 1.38. The van der Waals surface area contributed by atoms with E-state index in [2.05, 4.69) is 36.2 Å². The van der Waals surface area contributed by atoms with E-state index in [-0.39, 0.29) is 17.9 Å². The van der Waals surface area contributed by atoms with Crippen molar-refractivity contribution < 1.29 is 9.90 Å². The highest BCUT2D eigenvalue weighted by Gasteiger charge is 2.63. The number of ketones is 1. The number of aromatic nitrogens is 4. The van der Waals surface area contributed by atoms with Crippen molar-refractivity contribution in [3.05, 3.63) is 5.82 Å². The molecule has 4 aliphatic rings. The van der Waals surface area contributed by atoms with Gasteiger partial charge >= 0.3 is 0 Å². The summed E-state index contributed by atoms with van der Waals surface area (Å²) in [5.74, 6) is 4.44. The summed E-state index contributed by atoms with van der Waals surface area (Å²) >= 11 is 0. The smallest absolute Gasteiger partial charge is 0.171 e. The predicted molar refractivity (Wildman–Crippen MR) is 118 cm³/mol. The van der Waals surface area contributed by atoms with E-state index >= 15 is 0 Å². The van der Waals surface area contributed by atoms with Crippen LogP contribution in [-0.4, -0.2) is 36.7 Å². The molecule has 0 amide bonds. The van der Waals surface area contributed by atoms with Gasteiger partial charge in [-0.15, -0.1) is 10.2 Å². The molecule has 4 saturated carbocycles. The monoisotopic (exact) mass is 428 g/mol. The number of Topliss-reactive ketones (excluding diaryl/α,β-unsaturated/α-hetero) is 1. The third-order valence-corrected chi connectivity index (χ3v) is 10.6. The molecule has 6 heteroatoms. The van der Waals surface area contributed by atoms with Crippen LogP contribution in [0.4, 0.5) is 0 Å². The lowest BCUT2D eigenvalue weighted by molar-refractivity contribution is -0.166. The lowest BCUT2D eigenvalue weighted by Gasteiger charge is -2.63. The molecule has 0 saturated heterocycles. The van der Waals surface area contributed by atoms with Crippen molar-refractivity contribution in [2.24, 2.45) is 46.3 Å². The van der Waals surface area contributed by atoms with Crippen LogP contribution in [0.2, 0.25) is 0 Å². The van der Waals surface area contributed by atoms with Crippen molar-refractivity contribution in [3.8, 4) is 0 Å². The second-order valence-corrected chi connectivity index (χ2v) is 12.4. The van der Waals surface area contributed by atoms with Crippen LogP contribution in [-0.2, 0) is 11.3 Å². The van der Waals surface area contributed by atoms with Gasteiger partial charge in [-0.2, -0.15) is 4.80 Å². The number of aryl methyl sites for hydroxylation is 1. The second-order valence-electron chi connectivity index (χ2n) is 12.4. The molecule has 172 valence electrons. The zero-order chi connectivity index (χ0) is 22.2. The molecule has 31 heavy (non-hydrogen) atoms. The molecule has 9 atom stereocenters. The highest BCUT2D eigenvalue weighted by molar-refractivity contribution is 5.82. The minimum absolute atomic E-state index is 0.103. The van der Waals surface area contributed by atoms with Crippen LogP contribution in [0, 0.1) is 53.3 Å². The zero-order valence-electron chi connectivity index (χ0n) is 20.0. The van der Waals surface area contributed by atoms with Gasteiger partial charge in [-0.3, -0.25) is 4.79 Å². The minimum Gasteiger partial charge on any atom is -0.390 e. The van der Waals surface area contributed by atoms with E-state index in [0.29, 0.717) is 40.7 Å². The van der Waals surface area contributed by atoms with Crippen LogP contribution in [0.3, 0.4) is 0 Å². The Kier molecular flexibility index (Phi) is 4.93. The van der Waals surface area contributed by atoms with Crippen LogP contribution in [0.15, 0.2) is 0 Å². The molecular weight excluding hydrogens is 388 g/mol. The maximum Gasteiger partial charge on any atom is 0.171 e. The number of carbonyl (C=O) groups excluding carboxylic acids is 1. The topological polar surface area (TPSA) is 80.9 Å². The molecule has 1 N–H and O–H groups in total. The van der Waals surface area contributed by atoms with Gasteiger partial charge < -0.3 is 5.11 Å². The van der Waals surface area contributed by atoms with Crippen molar-refractivity contribution in [2.45, 2.75) is 98.1 Å². The number of carbonyl (C=O) groups is 1. The van der Waals surface area contributed by atoms with Gasteiger partial charge in [0.15, 0.2) is 11.6 Å². The molecule has 1 aromatic heterocycles. The van der Waals surface area contributed by atoms with Gasteiger partial charge in [0.05, 0.1) is 5.60 Å². The highest BCUT2D eigenvalue weighted by atomic mass is 16.3. The lowest BCUT2D eigenvalue weighted by atomic mass is 9.42. The van der Waals surface area contributed by atoms with Crippen molar-refractivity contribution in [2.75, 3.05) is 0 Å². The first-order chi connectivity index (χ1) is 14.5. The van der Waals surface area contributed by atoms with Gasteiger partial charge in [-0.25, -0.2) is 0 Å². The number of nitrogens with zero attached hydrogens (tertiary/aromatic N) is 4. The van der Waals surface area contributed by atoms with Crippen LogP contribution < -0.4 is 0 Å². The SMILES string of the molecule is Cc1nnn(CC(=O)[C@H]2CC[C@H]3[C@@H]4[C@H](C)C[C@H]5C[C@](C)(O)CC[C@]5(C)[C@H]4CC[C@]23C)n1. The fourth-order valence-corrected chi connectivity index (χ4v) is 8.98. The van der Waals surface area contributed by atoms with Crippen molar-refractivity contribution in [1.82, 2.24) is 20.2 Å². The van der Waals surface area contributed by atoms with Gasteiger partial charge in [-0.05, 0) is 111 Å². The Morgan fingerprint density at radius 1 is 1.10 bits per heavy atom. The Morgan fingerprint density at radius 3 is 2.55 bits per heavy atom. The quantitative estimate of drug-likeness (QED) is 0.780. The summed E-state index contributed by atoms with van der Waals surface area (Å²) in [4.78, 5) is 14.8. The van der Waals surface area contributed by atoms with E-state index in [1.165, 1.54) is 24.1 Å². The number of tetrazole rings is 1. The molecule has 5 rings (SSSR count). The van der Waals surface area contributed by atoms with Crippen LogP contribution >= 0.6 is 0 Å². The summed E-state index contributed by atoms with van der Waals surface area (Å²) in [6, 6.07) is 0. The number of aliphatic hydroxyl groups is 1. The molecule has 4 aliphatic carbocycles. The van der Waals surface area contributed by atoms with E-state index in [1.54, 1.807) is 0 Å². The summed E-state index contributed by atoms with van der Waals surface area (Å²) in [7, 11) is 0. The van der Waals surface area contributed by atoms with E-state index in [0.717, 1.165) is 38.0 Å². The van der Waals surface area contributed by atoms with Crippen LogP contribution in [0.25, 0.3) is 0 Å². The second kappa shape index (κ2) is 7.10. The maximum atomic E-state index is 13.3. The molecule has 1 heterocycles. The highest BCUT2D eigenvalue weighted by Crippen LogP contribution is 2.69. The normalized spacial score (nSPS) is 49.2. The molecule has 0 aliphatic heterocycles. The Labute approximate surface area is 186 Å². The third kappa shape index (κ3) is 3.30. The fraction of sp³-hybridized carbons (Fsp3) is 0.920. The average Bonchev–Trinajstić information content (AvgIpc) is 3.25. The molecule has 0 spiro atoms. The number of hydrogen-bond donors (Lipinski definition) is 1. The van der Waals surface area contributed by atoms with Crippen molar-refractivity contribution in [1.29, 1.82) is 0 Å². The van der Waals surface area contributed by atoms with Gasteiger partial charge in [-0.1, -0.05) is 20.8 Å². The zero-order valence-corrected chi connectivity index (χ0v) is 20.0. The van der Waals surface area contributed by atoms with Gasteiger partial charge in [0, 0.05) is 5.92 Å². The standard InChI is InChI=1S/C25H40N4O2/c1-15-12-17-13-23(3,31)10-11-24(17,4)20-8-9-25(5)18(6-7-19(25)22(15)20)21(30)14-29-27-16(2)26-28-29/h15,17-20,22,31H,6-14H2,1-5H3/t15-,17+,18-,19+,20+,22+,23-,24+,25-/m1/s1. The van der Waals surface area contributed by atoms with E-state index < -0.39 is 5.60 Å². The summed E-state index contributed by atoms with van der Waals surface area (Å²) < 4.78 is 0. The van der Waals surface area contributed by atoms with Crippen LogP contribution in [0.1, 0.15) is 84.9 Å². The molecule has 4 fully saturated rings. The van der Waals surface area contributed by atoms with Crippen molar-refractivity contribution in [3.63, 3.8) is 0 Å². The average molecular weight is 429 g/mol. The van der Waals surface area contributed by atoms with Gasteiger partial charge in [0.1, 0.15) is 6.54 Å². The summed E-state index contributed by atoms with van der Waals surface area (Å²) in [5.41, 5.74) is -0.0327. The largest absolute Gasteiger partial charge is 0.390 e. The number of rotatable bonds is 3. The lowest BCUT2D eigenvalue weighted by Crippen LogP contribution is -2.58. The van der Waals surface area contributed by atoms with E-state index in [4.69, 9.17) is 0 Å². The Hall–Kier alpha value is -1.30. The summed E-state index contributed by atoms with van der Waals surface area (Å²) in [6.45, 7) is 11.5. The molecule has 0 radical (unpaired) electrons. The minimum atomic E-state index is -0.488. The summed E-state index contributed by atoms with van der Waals surface area (Å²) in [5, 5.41) is 23.0. The van der Waals surface area contributed by atoms with Crippen molar-refractivity contribution >= 4 is 5.78 Å². The third-order valence-electron chi connectivity index (χ3n) is 10.6. The molecule has 1 aromatic rings. The van der Waals surface area contributed by atoms with E-state index in [1.807, 2.05) is 13.8 Å². The number of hydrogen-bond acceptors (Lipinski definition) is 5. The van der Waals surface area contributed by atoms with Gasteiger partial charge in [0.25, 0.3) is 0 Å². The fourth-order valence-electron chi connectivity index (χ4n) is 8.98. The molecule has 0 unspecified atom stereocenters. The Morgan fingerprint density at radius 2 is 1.84 bits per heavy atom. The van der Waals surface area contributed by atoms with Crippen LogP contribution in [0.5, 0.6) is 0 Å².